The molecule has 2 atom stereocenters. The highest BCUT2D eigenvalue weighted by Crippen LogP contribution is 2.31. The van der Waals surface area contributed by atoms with Crippen LogP contribution in [0.5, 0.6) is 0 Å². The molecule has 1 saturated heterocycles. The van der Waals surface area contributed by atoms with E-state index in [1.165, 1.54) is 6.33 Å². The van der Waals surface area contributed by atoms with Crippen LogP contribution in [-0.4, -0.2) is 28.5 Å². The third kappa shape index (κ3) is 2.47. The van der Waals surface area contributed by atoms with Gasteiger partial charge in [0.15, 0.2) is 11.6 Å². The van der Waals surface area contributed by atoms with E-state index in [0.717, 1.165) is 25.0 Å². The Hall–Kier alpha value is -2.31. The Kier molecular flexibility index (Phi) is 3.64. The number of rotatable bonds is 2. The number of primary amides is 1. The van der Waals surface area contributed by atoms with Crippen LogP contribution >= 0.6 is 0 Å². The zero-order valence-electron chi connectivity index (χ0n) is 12.1. The second kappa shape index (κ2) is 5.47. The predicted octanol–water partition coefficient (Wildman–Crippen LogP) is 2.00. The zero-order chi connectivity index (χ0) is 15.9. The summed E-state index contributed by atoms with van der Waals surface area (Å²) in [6.45, 7) is 2.42. The summed E-state index contributed by atoms with van der Waals surface area (Å²) in [5.74, 6) is -2.01. The molecule has 1 aromatic heterocycles. The molecule has 2 heterocycles. The molecule has 1 fully saturated rings. The summed E-state index contributed by atoms with van der Waals surface area (Å²) in [5.41, 5.74) is 5.73. The SMILES string of the molecule is C[C@@H]1CC[C@@H](C(N)=O)CN1c1ncnc2cc(F)c(F)cc12. The number of halogens is 2. The number of hydrogen-bond donors (Lipinski definition) is 1. The lowest BCUT2D eigenvalue weighted by Gasteiger charge is -2.38. The normalized spacial score (nSPS) is 22.0. The molecule has 0 bridgehead atoms. The molecule has 0 radical (unpaired) electrons. The first-order valence-corrected chi connectivity index (χ1v) is 7.13. The largest absolute Gasteiger partial charge is 0.369 e. The lowest BCUT2D eigenvalue weighted by Crippen LogP contribution is -2.46. The van der Waals surface area contributed by atoms with Gasteiger partial charge in [-0.05, 0) is 25.8 Å². The van der Waals surface area contributed by atoms with Gasteiger partial charge < -0.3 is 10.6 Å². The highest BCUT2D eigenvalue weighted by Gasteiger charge is 2.30. The second-order valence-electron chi connectivity index (χ2n) is 5.66. The van der Waals surface area contributed by atoms with Crippen LogP contribution in [0.4, 0.5) is 14.6 Å². The van der Waals surface area contributed by atoms with Crippen LogP contribution < -0.4 is 10.6 Å². The molecule has 0 aliphatic carbocycles. The third-order valence-corrected chi connectivity index (χ3v) is 4.21. The van der Waals surface area contributed by atoms with Gasteiger partial charge in [0.25, 0.3) is 0 Å². The van der Waals surface area contributed by atoms with Gasteiger partial charge in [-0.25, -0.2) is 18.7 Å². The Balaban J connectivity index is 2.08. The second-order valence-corrected chi connectivity index (χ2v) is 5.66. The first-order valence-electron chi connectivity index (χ1n) is 7.13. The van der Waals surface area contributed by atoms with E-state index < -0.39 is 11.6 Å². The maximum Gasteiger partial charge on any atom is 0.222 e. The van der Waals surface area contributed by atoms with Crippen LogP contribution in [0, 0.1) is 17.6 Å². The molecule has 1 amide bonds. The number of fused-ring (bicyclic) bond motifs is 1. The first-order chi connectivity index (χ1) is 10.5. The Bertz CT molecular complexity index is 737. The van der Waals surface area contributed by atoms with E-state index in [2.05, 4.69) is 9.97 Å². The summed E-state index contributed by atoms with van der Waals surface area (Å²) < 4.78 is 26.9. The molecule has 1 aliphatic heterocycles. The van der Waals surface area contributed by atoms with Gasteiger partial charge in [-0.1, -0.05) is 0 Å². The average molecular weight is 306 g/mol. The van der Waals surface area contributed by atoms with Gasteiger partial charge in [-0.3, -0.25) is 4.79 Å². The molecule has 7 heteroatoms. The van der Waals surface area contributed by atoms with E-state index in [1.807, 2.05) is 11.8 Å². The number of amides is 1. The van der Waals surface area contributed by atoms with E-state index in [1.54, 1.807) is 0 Å². The Morgan fingerprint density at radius 2 is 2.00 bits per heavy atom. The molecule has 0 saturated carbocycles. The highest BCUT2D eigenvalue weighted by atomic mass is 19.2. The molecule has 1 aromatic carbocycles. The average Bonchev–Trinajstić information content (AvgIpc) is 2.48. The summed E-state index contributed by atoms with van der Waals surface area (Å²) >= 11 is 0. The molecule has 2 aromatic rings. The Labute approximate surface area is 126 Å². The molecule has 116 valence electrons. The number of nitrogens with two attached hydrogens (primary N) is 1. The number of anilines is 1. The maximum absolute atomic E-state index is 13.6. The van der Waals surface area contributed by atoms with Crippen molar-refractivity contribution < 1.29 is 13.6 Å². The maximum atomic E-state index is 13.6. The van der Waals surface area contributed by atoms with Crippen molar-refractivity contribution in [2.24, 2.45) is 11.7 Å². The molecule has 0 unspecified atom stereocenters. The van der Waals surface area contributed by atoms with Crippen LogP contribution in [0.25, 0.3) is 10.9 Å². The minimum absolute atomic E-state index is 0.127. The Morgan fingerprint density at radius 3 is 2.73 bits per heavy atom. The number of benzene rings is 1. The van der Waals surface area contributed by atoms with E-state index in [9.17, 15) is 13.6 Å². The number of nitrogens with zero attached hydrogens (tertiary/aromatic N) is 3. The van der Waals surface area contributed by atoms with Crippen molar-refractivity contribution in [2.45, 2.75) is 25.8 Å². The van der Waals surface area contributed by atoms with Crippen molar-refractivity contribution >= 4 is 22.6 Å². The lowest BCUT2D eigenvalue weighted by molar-refractivity contribution is -0.122. The third-order valence-electron chi connectivity index (χ3n) is 4.21. The molecule has 0 spiro atoms. The van der Waals surface area contributed by atoms with Crippen molar-refractivity contribution in [1.29, 1.82) is 0 Å². The molecule has 3 rings (SSSR count). The minimum Gasteiger partial charge on any atom is -0.369 e. The van der Waals surface area contributed by atoms with Crippen molar-refractivity contribution in [3.05, 3.63) is 30.1 Å². The van der Waals surface area contributed by atoms with Crippen LogP contribution in [0.2, 0.25) is 0 Å². The summed E-state index contributed by atoms with van der Waals surface area (Å²) in [4.78, 5) is 21.6. The fourth-order valence-corrected chi connectivity index (χ4v) is 2.90. The summed E-state index contributed by atoms with van der Waals surface area (Å²) in [6, 6.07) is 2.28. The molecule has 5 nitrogen and oxygen atoms in total. The highest BCUT2D eigenvalue weighted by molar-refractivity contribution is 5.90. The Morgan fingerprint density at radius 1 is 1.27 bits per heavy atom. The number of carbonyl (C=O) groups excluding carboxylic acids is 1. The molecule has 2 N–H and O–H groups in total. The fraction of sp³-hybridized carbons (Fsp3) is 0.400. The predicted molar refractivity (Wildman–Crippen MR) is 78.2 cm³/mol. The summed E-state index contributed by atoms with van der Waals surface area (Å²) in [7, 11) is 0. The van der Waals surface area contributed by atoms with Gasteiger partial charge in [0.1, 0.15) is 12.1 Å². The van der Waals surface area contributed by atoms with E-state index >= 15 is 0 Å². The van der Waals surface area contributed by atoms with Crippen molar-refractivity contribution in [3.8, 4) is 0 Å². The summed E-state index contributed by atoms with van der Waals surface area (Å²) in [5, 5.41) is 0.429. The van der Waals surface area contributed by atoms with E-state index in [0.29, 0.717) is 23.3 Å². The van der Waals surface area contributed by atoms with Crippen molar-refractivity contribution in [2.75, 3.05) is 11.4 Å². The van der Waals surface area contributed by atoms with E-state index in [-0.39, 0.29) is 17.9 Å². The van der Waals surface area contributed by atoms with E-state index in [4.69, 9.17) is 5.73 Å². The van der Waals surface area contributed by atoms with Gasteiger partial charge in [-0.15, -0.1) is 0 Å². The van der Waals surface area contributed by atoms with Crippen molar-refractivity contribution in [1.82, 2.24) is 9.97 Å². The summed E-state index contributed by atoms with van der Waals surface area (Å²) in [6.07, 6.45) is 2.82. The standard InChI is InChI=1S/C15H16F2N4O/c1-8-2-3-9(14(18)22)6-21(8)15-10-4-11(16)12(17)5-13(10)19-7-20-15/h4-5,7-9H,2-3,6H2,1H3,(H2,18,22)/t8-,9-/m1/s1. The lowest BCUT2D eigenvalue weighted by atomic mass is 9.92. The fourth-order valence-electron chi connectivity index (χ4n) is 2.90. The zero-order valence-corrected chi connectivity index (χ0v) is 12.1. The molecular formula is C15H16F2N4O. The minimum atomic E-state index is -0.946. The molecule has 22 heavy (non-hydrogen) atoms. The first kappa shape index (κ1) is 14.6. The van der Waals surface area contributed by atoms with Gasteiger partial charge in [-0.2, -0.15) is 0 Å². The smallest absolute Gasteiger partial charge is 0.222 e. The van der Waals surface area contributed by atoms with Gasteiger partial charge in [0.2, 0.25) is 5.91 Å². The van der Waals surface area contributed by atoms with Gasteiger partial charge in [0.05, 0.1) is 11.4 Å². The van der Waals surface area contributed by atoms with Crippen LogP contribution in [0.3, 0.4) is 0 Å². The van der Waals surface area contributed by atoms with Gasteiger partial charge in [0, 0.05) is 24.0 Å². The quantitative estimate of drug-likeness (QED) is 0.921. The topological polar surface area (TPSA) is 72.1 Å². The van der Waals surface area contributed by atoms with Gasteiger partial charge >= 0.3 is 0 Å². The van der Waals surface area contributed by atoms with Crippen LogP contribution in [0.1, 0.15) is 19.8 Å². The monoisotopic (exact) mass is 306 g/mol. The molecule has 1 aliphatic rings. The van der Waals surface area contributed by atoms with Crippen molar-refractivity contribution in [3.63, 3.8) is 0 Å². The van der Waals surface area contributed by atoms with Crippen LogP contribution in [0.15, 0.2) is 18.5 Å². The molecular weight excluding hydrogens is 290 g/mol. The van der Waals surface area contributed by atoms with Crippen LogP contribution in [-0.2, 0) is 4.79 Å². The number of hydrogen-bond acceptors (Lipinski definition) is 4. The number of aromatic nitrogens is 2. The number of carbonyl (C=O) groups is 1. The number of piperidine rings is 1.